The van der Waals surface area contributed by atoms with Crippen LogP contribution >= 0.6 is 11.8 Å². The largest absolute Gasteiger partial charge is 0.325 e. The average Bonchev–Trinajstić information content (AvgIpc) is 2.42. The molecule has 0 bridgehead atoms. The SMILES string of the molecule is CSc1ccccc1NC(=O)Cc1ccc(C)cc1. The number of nitrogens with one attached hydrogen (secondary N) is 1. The summed E-state index contributed by atoms with van der Waals surface area (Å²) in [5.41, 5.74) is 3.12. The standard InChI is InChI=1S/C16H17NOS/c1-12-7-9-13(10-8-12)11-16(18)17-14-5-3-4-6-15(14)19-2/h3-10H,11H2,1-2H3,(H,17,18). The van der Waals surface area contributed by atoms with Crippen molar-refractivity contribution in [2.24, 2.45) is 0 Å². The van der Waals surface area contributed by atoms with E-state index in [4.69, 9.17) is 0 Å². The lowest BCUT2D eigenvalue weighted by Crippen LogP contribution is -2.14. The second-order valence-corrected chi connectivity index (χ2v) is 5.26. The maximum absolute atomic E-state index is 12.0. The number of carbonyl (C=O) groups excluding carboxylic acids is 1. The van der Waals surface area contributed by atoms with Crippen LogP contribution in [-0.2, 0) is 11.2 Å². The molecule has 2 rings (SSSR count). The minimum absolute atomic E-state index is 0.0188. The molecule has 3 heteroatoms. The molecule has 2 aromatic carbocycles. The van der Waals surface area contributed by atoms with E-state index in [-0.39, 0.29) is 5.91 Å². The van der Waals surface area contributed by atoms with E-state index in [0.29, 0.717) is 6.42 Å². The quantitative estimate of drug-likeness (QED) is 0.855. The summed E-state index contributed by atoms with van der Waals surface area (Å²) in [5.74, 6) is 0.0188. The van der Waals surface area contributed by atoms with Gasteiger partial charge in [0.2, 0.25) is 5.91 Å². The van der Waals surface area contributed by atoms with Gasteiger partial charge in [0.15, 0.2) is 0 Å². The summed E-state index contributed by atoms with van der Waals surface area (Å²) in [5, 5.41) is 2.96. The second-order valence-electron chi connectivity index (χ2n) is 4.41. The fourth-order valence-corrected chi connectivity index (χ4v) is 2.39. The zero-order valence-electron chi connectivity index (χ0n) is 11.1. The Hall–Kier alpha value is -1.74. The molecule has 19 heavy (non-hydrogen) atoms. The van der Waals surface area contributed by atoms with Gasteiger partial charge in [-0.25, -0.2) is 0 Å². The highest BCUT2D eigenvalue weighted by atomic mass is 32.2. The summed E-state index contributed by atoms with van der Waals surface area (Å²) < 4.78 is 0. The molecular weight excluding hydrogens is 254 g/mol. The lowest BCUT2D eigenvalue weighted by Gasteiger charge is -2.09. The number of thioether (sulfide) groups is 1. The Bertz CT molecular complexity index is 563. The smallest absolute Gasteiger partial charge is 0.228 e. The van der Waals surface area contributed by atoms with Crippen molar-refractivity contribution in [3.05, 3.63) is 59.7 Å². The van der Waals surface area contributed by atoms with Crippen LogP contribution in [0.4, 0.5) is 5.69 Å². The molecule has 1 amide bonds. The van der Waals surface area contributed by atoms with Gasteiger partial charge in [-0.15, -0.1) is 11.8 Å². The number of rotatable bonds is 4. The molecule has 0 heterocycles. The first-order valence-electron chi connectivity index (χ1n) is 6.17. The summed E-state index contributed by atoms with van der Waals surface area (Å²) in [6.07, 6.45) is 2.41. The third kappa shape index (κ3) is 3.86. The molecule has 0 saturated heterocycles. The highest BCUT2D eigenvalue weighted by Gasteiger charge is 2.06. The van der Waals surface area contributed by atoms with Gasteiger partial charge >= 0.3 is 0 Å². The van der Waals surface area contributed by atoms with Crippen molar-refractivity contribution in [3.63, 3.8) is 0 Å². The van der Waals surface area contributed by atoms with E-state index in [1.165, 1.54) is 5.56 Å². The first-order valence-corrected chi connectivity index (χ1v) is 7.40. The van der Waals surface area contributed by atoms with Gasteiger partial charge < -0.3 is 5.32 Å². The molecule has 0 aliphatic heterocycles. The fraction of sp³-hybridized carbons (Fsp3) is 0.188. The maximum atomic E-state index is 12.0. The number of benzene rings is 2. The van der Waals surface area contributed by atoms with Crippen molar-refractivity contribution in [2.45, 2.75) is 18.2 Å². The van der Waals surface area contributed by atoms with Crippen LogP contribution in [0.5, 0.6) is 0 Å². The molecule has 0 aliphatic rings. The highest BCUT2D eigenvalue weighted by molar-refractivity contribution is 7.98. The fourth-order valence-electron chi connectivity index (χ4n) is 1.83. The van der Waals surface area contributed by atoms with Crippen LogP contribution in [0.15, 0.2) is 53.4 Å². The van der Waals surface area contributed by atoms with E-state index in [1.807, 2.05) is 61.7 Å². The molecule has 0 fully saturated rings. The van der Waals surface area contributed by atoms with Gasteiger partial charge in [-0.2, -0.15) is 0 Å². The number of hydrogen-bond acceptors (Lipinski definition) is 2. The number of anilines is 1. The van der Waals surface area contributed by atoms with Crippen LogP contribution in [0, 0.1) is 6.92 Å². The topological polar surface area (TPSA) is 29.1 Å². The van der Waals surface area contributed by atoms with Gasteiger partial charge in [0.05, 0.1) is 12.1 Å². The van der Waals surface area contributed by atoms with E-state index in [1.54, 1.807) is 11.8 Å². The van der Waals surface area contributed by atoms with Crippen LogP contribution in [-0.4, -0.2) is 12.2 Å². The molecule has 0 radical (unpaired) electrons. The lowest BCUT2D eigenvalue weighted by atomic mass is 10.1. The second kappa shape index (κ2) is 6.43. The van der Waals surface area contributed by atoms with Crippen LogP contribution in [0.25, 0.3) is 0 Å². The molecule has 0 aliphatic carbocycles. The van der Waals surface area contributed by atoms with Gasteiger partial charge in [-0.05, 0) is 30.9 Å². The Balaban J connectivity index is 2.03. The molecular formula is C16H17NOS. The third-order valence-electron chi connectivity index (χ3n) is 2.87. The molecule has 98 valence electrons. The van der Waals surface area contributed by atoms with Gasteiger partial charge in [-0.3, -0.25) is 4.79 Å². The Morgan fingerprint density at radius 3 is 2.47 bits per heavy atom. The van der Waals surface area contributed by atoms with Crippen LogP contribution < -0.4 is 5.32 Å². The highest BCUT2D eigenvalue weighted by Crippen LogP contribution is 2.24. The van der Waals surface area contributed by atoms with Crippen molar-refractivity contribution in [1.29, 1.82) is 0 Å². The van der Waals surface area contributed by atoms with Gasteiger partial charge in [0.1, 0.15) is 0 Å². The van der Waals surface area contributed by atoms with E-state index < -0.39 is 0 Å². The molecule has 1 N–H and O–H groups in total. The van der Waals surface area contributed by atoms with Crippen molar-refractivity contribution in [1.82, 2.24) is 0 Å². The third-order valence-corrected chi connectivity index (χ3v) is 3.66. The Morgan fingerprint density at radius 2 is 1.79 bits per heavy atom. The lowest BCUT2D eigenvalue weighted by molar-refractivity contribution is -0.115. The molecule has 0 saturated carbocycles. The van der Waals surface area contributed by atoms with Crippen molar-refractivity contribution in [3.8, 4) is 0 Å². The van der Waals surface area contributed by atoms with Gasteiger partial charge in [0.25, 0.3) is 0 Å². The van der Waals surface area contributed by atoms with Crippen molar-refractivity contribution >= 4 is 23.4 Å². The average molecular weight is 271 g/mol. The molecule has 0 spiro atoms. The number of para-hydroxylation sites is 1. The zero-order valence-corrected chi connectivity index (χ0v) is 12.0. The summed E-state index contributed by atoms with van der Waals surface area (Å²) in [7, 11) is 0. The summed E-state index contributed by atoms with van der Waals surface area (Å²) in [6.45, 7) is 2.04. The van der Waals surface area contributed by atoms with E-state index >= 15 is 0 Å². The number of aryl methyl sites for hydroxylation is 1. The van der Waals surface area contributed by atoms with E-state index in [0.717, 1.165) is 16.1 Å². The van der Waals surface area contributed by atoms with Crippen LogP contribution in [0.1, 0.15) is 11.1 Å². The first-order chi connectivity index (χ1) is 9.19. The minimum Gasteiger partial charge on any atom is -0.325 e. The Morgan fingerprint density at radius 1 is 1.11 bits per heavy atom. The summed E-state index contributed by atoms with van der Waals surface area (Å²) >= 11 is 1.63. The van der Waals surface area contributed by atoms with E-state index in [2.05, 4.69) is 5.32 Å². The number of amides is 1. The molecule has 0 atom stereocenters. The molecule has 2 aromatic rings. The Kier molecular flexibility index (Phi) is 4.63. The van der Waals surface area contributed by atoms with Crippen LogP contribution in [0.3, 0.4) is 0 Å². The van der Waals surface area contributed by atoms with Crippen molar-refractivity contribution < 1.29 is 4.79 Å². The van der Waals surface area contributed by atoms with E-state index in [9.17, 15) is 4.79 Å². The molecule has 0 aromatic heterocycles. The monoisotopic (exact) mass is 271 g/mol. The molecule has 0 unspecified atom stereocenters. The van der Waals surface area contributed by atoms with Crippen molar-refractivity contribution in [2.75, 3.05) is 11.6 Å². The first kappa shape index (κ1) is 13.7. The number of carbonyl (C=O) groups is 1. The number of hydrogen-bond donors (Lipinski definition) is 1. The normalized spacial score (nSPS) is 10.2. The predicted octanol–water partition coefficient (Wildman–Crippen LogP) is 3.90. The zero-order chi connectivity index (χ0) is 13.7. The van der Waals surface area contributed by atoms with Gasteiger partial charge in [0, 0.05) is 4.90 Å². The molecule has 2 nitrogen and oxygen atoms in total. The minimum atomic E-state index is 0.0188. The maximum Gasteiger partial charge on any atom is 0.228 e. The van der Waals surface area contributed by atoms with Gasteiger partial charge in [-0.1, -0.05) is 42.0 Å². The summed E-state index contributed by atoms with van der Waals surface area (Å²) in [4.78, 5) is 13.1. The summed E-state index contributed by atoms with van der Waals surface area (Å²) in [6, 6.07) is 15.9. The Labute approximate surface area is 118 Å². The van der Waals surface area contributed by atoms with Crippen LogP contribution in [0.2, 0.25) is 0 Å². The predicted molar refractivity (Wildman–Crippen MR) is 81.7 cm³/mol.